The fraction of sp³-hybridized carbons (Fsp3) is 0.0667. The van der Waals surface area contributed by atoms with Gasteiger partial charge in [-0.25, -0.2) is 0 Å². The van der Waals surface area contributed by atoms with Crippen molar-refractivity contribution in [3.05, 3.63) is 64.2 Å². The van der Waals surface area contributed by atoms with Gasteiger partial charge in [0, 0.05) is 0 Å². The molecule has 0 atom stereocenters. The molecule has 0 fully saturated rings. The number of hydrogen-bond acceptors (Lipinski definition) is 1. The first-order valence-electron chi connectivity index (χ1n) is 5.70. The van der Waals surface area contributed by atoms with Crippen molar-refractivity contribution in [2.24, 2.45) is 0 Å². The minimum Gasteiger partial charge on any atom is -0.508 e. The topological polar surface area (TPSA) is 20.2 Å². The smallest absolute Gasteiger partial charge is 0.416 e. The van der Waals surface area contributed by atoms with Crippen molar-refractivity contribution >= 4 is 23.8 Å². The van der Waals surface area contributed by atoms with E-state index >= 15 is 0 Å². The van der Waals surface area contributed by atoms with E-state index < -0.39 is 11.7 Å². The van der Waals surface area contributed by atoms with E-state index in [9.17, 15) is 18.3 Å². The van der Waals surface area contributed by atoms with Crippen molar-refractivity contribution in [1.29, 1.82) is 0 Å². The number of benzene rings is 2. The molecule has 0 spiro atoms. The number of rotatable bonds is 2. The zero-order chi connectivity index (χ0) is 14.8. The number of aromatic hydroxyl groups is 1. The Bertz CT molecular complexity index is 631. The molecule has 0 amide bonds. The summed E-state index contributed by atoms with van der Waals surface area (Å²) in [6.45, 7) is 0. The van der Waals surface area contributed by atoms with Gasteiger partial charge in [0.1, 0.15) is 5.75 Å². The van der Waals surface area contributed by atoms with E-state index in [0.29, 0.717) is 16.1 Å². The third-order valence-corrected chi connectivity index (χ3v) is 3.00. The Morgan fingerprint density at radius 2 is 1.60 bits per heavy atom. The second-order valence-electron chi connectivity index (χ2n) is 4.16. The Morgan fingerprint density at radius 1 is 0.950 bits per heavy atom. The molecule has 0 aliphatic heterocycles. The van der Waals surface area contributed by atoms with Crippen molar-refractivity contribution < 1.29 is 18.3 Å². The molecule has 20 heavy (non-hydrogen) atoms. The first-order valence-corrected chi connectivity index (χ1v) is 6.08. The van der Waals surface area contributed by atoms with Crippen LogP contribution in [0.5, 0.6) is 5.75 Å². The van der Waals surface area contributed by atoms with Gasteiger partial charge in [0.2, 0.25) is 0 Å². The number of phenolic OH excluding ortho intramolecular Hbond substituents is 1. The van der Waals surface area contributed by atoms with Crippen LogP contribution in [0.3, 0.4) is 0 Å². The lowest BCUT2D eigenvalue weighted by atomic mass is 10.1. The number of halogens is 4. The highest BCUT2D eigenvalue weighted by Crippen LogP contribution is 2.29. The van der Waals surface area contributed by atoms with Gasteiger partial charge >= 0.3 is 6.18 Å². The third kappa shape index (κ3) is 3.54. The molecule has 0 saturated carbocycles. The molecule has 0 aliphatic rings. The molecule has 5 heteroatoms. The van der Waals surface area contributed by atoms with Crippen LogP contribution in [0.15, 0.2) is 42.5 Å². The molecule has 1 nitrogen and oxygen atoms in total. The average Bonchev–Trinajstić information content (AvgIpc) is 2.37. The second kappa shape index (κ2) is 5.59. The molecule has 2 aromatic rings. The van der Waals surface area contributed by atoms with Crippen molar-refractivity contribution in [3.8, 4) is 5.75 Å². The standard InChI is InChI=1S/C15H10ClF3O/c16-14-9-13(20)8-5-11(14)4-1-10-2-6-12(7-3-10)15(17,18)19/h1-9,20H/b4-1+. The summed E-state index contributed by atoms with van der Waals surface area (Å²) >= 11 is 5.92. The molecular formula is C15H10ClF3O. The van der Waals surface area contributed by atoms with Gasteiger partial charge in [-0.05, 0) is 41.5 Å². The average molecular weight is 299 g/mol. The highest BCUT2D eigenvalue weighted by atomic mass is 35.5. The molecule has 0 radical (unpaired) electrons. The first kappa shape index (κ1) is 14.5. The van der Waals surface area contributed by atoms with E-state index in [1.807, 2.05) is 0 Å². The van der Waals surface area contributed by atoms with E-state index in [4.69, 9.17) is 11.6 Å². The summed E-state index contributed by atoms with van der Waals surface area (Å²) in [5.41, 5.74) is 0.615. The Kier molecular flexibility index (Phi) is 4.04. The lowest BCUT2D eigenvalue weighted by Crippen LogP contribution is -2.03. The van der Waals surface area contributed by atoms with Crippen molar-refractivity contribution in [2.75, 3.05) is 0 Å². The molecule has 2 rings (SSSR count). The summed E-state index contributed by atoms with van der Waals surface area (Å²) in [6.07, 6.45) is -1.01. The van der Waals surface area contributed by atoms with Crippen LogP contribution in [-0.2, 0) is 6.18 Å². The first-order chi connectivity index (χ1) is 9.36. The molecule has 2 aromatic carbocycles. The van der Waals surface area contributed by atoms with Gasteiger partial charge in [-0.2, -0.15) is 13.2 Å². The van der Waals surface area contributed by atoms with Crippen molar-refractivity contribution in [2.45, 2.75) is 6.18 Å². The van der Waals surface area contributed by atoms with Gasteiger partial charge in [0.15, 0.2) is 0 Å². The summed E-state index contributed by atoms with van der Waals surface area (Å²) in [4.78, 5) is 0. The van der Waals surface area contributed by atoms with Crippen LogP contribution in [0.25, 0.3) is 12.2 Å². The van der Waals surface area contributed by atoms with E-state index in [-0.39, 0.29) is 5.75 Å². The van der Waals surface area contributed by atoms with Gasteiger partial charge in [0.25, 0.3) is 0 Å². The summed E-state index contributed by atoms with van der Waals surface area (Å²) in [7, 11) is 0. The van der Waals surface area contributed by atoms with E-state index in [0.717, 1.165) is 12.1 Å². The molecule has 0 aromatic heterocycles. The number of hydrogen-bond donors (Lipinski definition) is 1. The minimum atomic E-state index is -4.33. The SMILES string of the molecule is Oc1ccc(/C=C/c2ccc(C(F)(F)F)cc2)c(Cl)c1. The molecular weight excluding hydrogens is 289 g/mol. The van der Waals surface area contributed by atoms with Crippen LogP contribution in [0.2, 0.25) is 5.02 Å². The Labute approximate surface area is 118 Å². The fourth-order valence-corrected chi connectivity index (χ4v) is 1.86. The number of phenols is 1. The maximum atomic E-state index is 12.4. The van der Waals surface area contributed by atoms with Crippen LogP contribution >= 0.6 is 11.6 Å². The quantitative estimate of drug-likeness (QED) is 0.752. The molecule has 0 aliphatic carbocycles. The zero-order valence-electron chi connectivity index (χ0n) is 10.2. The summed E-state index contributed by atoms with van der Waals surface area (Å²) in [6, 6.07) is 9.32. The predicted molar refractivity (Wildman–Crippen MR) is 73.5 cm³/mol. The monoisotopic (exact) mass is 298 g/mol. The highest BCUT2D eigenvalue weighted by Gasteiger charge is 2.29. The van der Waals surface area contributed by atoms with Gasteiger partial charge < -0.3 is 5.11 Å². The van der Waals surface area contributed by atoms with Gasteiger partial charge in [-0.3, -0.25) is 0 Å². The summed E-state index contributed by atoms with van der Waals surface area (Å²) < 4.78 is 37.2. The van der Waals surface area contributed by atoms with Crippen LogP contribution < -0.4 is 0 Å². The third-order valence-electron chi connectivity index (χ3n) is 2.68. The van der Waals surface area contributed by atoms with Gasteiger partial charge in [0.05, 0.1) is 10.6 Å². The molecule has 104 valence electrons. The molecule has 0 unspecified atom stereocenters. The highest BCUT2D eigenvalue weighted by molar-refractivity contribution is 6.32. The fourth-order valence-electron chi connectivity index (χ4n) is 1.62. The number of alkyl halides is 3. The van der Waals surface area contributed by atoms with Crippen molar-refractivity contribution in [1.82, 2.24) is 0 Å². The van der Waals surface area contributed by atoms with E-state index in [1.165, 1.54) is 24.3 Å². The van der Waals surface area contributed by atoms with Crippen LogP contribution in [0.1, 0.15) is 16.7 Å². The maximum Gasteiger partial charge on any atom is 0.416 e. The Hall–Kier alpha value is -1.94. The van der Waals surface area contributed by atoms with E-state index in [1.54, 1.807) is 18.2 Å². The lowest BCUT2D eigenvalue weighted by Gasteiger charge is -2.06. The van der Waals surface area contributed by atoms with Crippen LogP contribution in [0, 0.1) is 0 Å². The Balaban J connectivity index is 2.19. The van der Waals surface area contributed by atoms with Crippen molar-refractivity contribution in [3.63, 3.8) is 0 Å². The zero-order valence-corrected chi connectivity index (χ0v) is 10.9. The molecule has 0 bridgehead atoms. The van der Waals surface area contributed by atoms with Gasteiger partial charge in [-0.15, -0.1) is 0 Å². The minimum absolute atomic E-state index is 0.0571. The van der Waals surface area contributed by atoms with E-state index in [2.05, 4.69) is 0 Å². The predicted octanol–water partition coefficient (Wildman–Crippen LogP) is 5.23. The largest absolute Gasteiger partial charge is 0.508 e. The summed E-state index contributed by atoms with van der Waals surface area (Å²) in [5.74, 6) is 0.0571. The lowest BCUT2D eigenvalue weighted by molar-refractivity contribution is -0.137. The van der Waals surface area contributed by atoms with Crippen LogP contribution in [0.4, 0.5) is 13.2 Å². The normalized spacial score (nSPS) is 12.0. The molecule has 0 saturated heterocycles. The maximum absolute atomic E-state index is 12.4. The van der Waals surface area contributed by atoms with Gasteiger partial charge in [-0.1, -0.05) is 35.9 Å². The van der Waals surface area contributed by atoms with Crippen LogP contribution in [-0.4, -0.2) is 5.11 Å². The second-order valence-corrected chi connectivity index (χ2v) is 4.57. The Morgan fingerprint density at radius 3 is 2.15 bits per heavy atom. The molecule has 1 N–H and O–H groups in total. The molecule has 0 heterocycles. The summed E-state index contributed by atoms with van der Waals surface area (Å²) in [5, 5.41) is 9.58.